The molecule has 0 unspecified atom stereocenters. The molecule has 2 aromatic carbocycles. The van der Waals surface area contributed by atoms with Crippen LogP contribution in [0.25, 0.3) is 10.2 Å². The van der Waals surface area contributed by atoms with Crippen molar-refractivity contribution in [1.29, 1.82) is 0 Å². The third-order valence-corrected chi connectivity index (χ3v) is 5.11. The van der Waals surface area contributed by atoms with Crippen LogP contribution in [-0.4, -0.2) is 9.91 Å². The molecule has 0 saturated heterocycles. The lowest BCUT2D eigenvalue weighted by atomic mass is 10.1. The van der Waals surface area contributed by atoms with Crippen LogP contribution in [0.1, 0.15) is 22.3 Å². The van der Waals surface area contributed by atoms with Crippen LogP contribution in [0, 0.1) is 30.9 Å². The van der Waals surface area contributed by atoms with Gasteiger partial charge in [0.25, 0.3) is 5.69 Å². The Labute approximate surface area is 148 Å². The van der Waals surface area contributed by atoms with E-state index in [0.717, 1.165) is 16.8 Å². The number of thiazole rings is 1. The minimum atomic E-state index is -0.386. The predicted molar refractivity (Wildman–Crippen MR) is 99.8 cm³/mol. The fourth-order valence-electron chi connectivity index (χ4n) is 2.82. The number of rotatable bonds is 4. The minimum absolute atomic E-state index is 0.0473. The number of nitro groups is 1. The molecule has 0 atom stereocenters. The summed E-state index contributed by atoms with van der Waals surface area (Å²) >= 11 is 7.12. The Morgan fingerprint density at radius 3 is 2.46 bits per heavy atom. The van der Waals surface area contributed by atoms with Gasteiger partial charge in [0.1, 0.15) is 4.70 Å². The number of hydrogen-bond donors (Lipinski definition) is 1. The number of aromatic nitrogens is 1. The SMILES string of the molecule is Cc1cc(C)c(Nc2nc3cc(CCl)cc([N+](=O)[O-])c3s2)c(C)c1. The van der Waals surface area contributed by atoms with Crippen LogP contribution in [0.3, 0.4) is 0 Å². The fourth-order valence-corrected chi connectivity index (χ4v) is 3.91. The van der Waals surface area contributed by atoms with Gasteiger partial charge in [-0.15, -0.1) is 11.6 Å². The predicted octanol–water partition coefficient (Wildman–Crippen LogP) is 5.61. The molecule has 24 heavy (non-hydrogen) atoms. The number of hydrogen-bond acceptors (Lipinski definition) is 5. The lowest BCUT2D eigenvalue weighted by Crippen LogP contribution is -1.96. The third kappa shape index (κ3) is 3.07. The first kappa shape index (κ1) is 16.7. The smallest absolute Gasteiger partial charge is 0.289 e. The molecule has 1 heterocycles. The number of aryl methyl sites for hydroxylation is 3. The van der Waals surface area contributed by atoms with Gasteiger partial charge in [0.15, 0.2) is 5.13 Å². The second-order valence-corrected chi connectivity index (χ2v) is 7.04. The van der Waals surface area contributed by atoms with Crippen LogP contribution < -0.4 is 5.32 Å². The molecule has 0 fully saturated rings. The highest BCUT2D eigenvalue weighted by atomic mass is 35.5. The summed E-state index contributed by atoms with van der Waals surface area (Å²) in [4.78, 5) is 15.4. The first-order valence-corrected chi connectivity index (χ1v) is 8.73. The Bertz CT molecular complexity index is 929. The van der Waals surface area contributed by atoms with E-state index < -0.39 is 0 Å². The molecule has 0 aliphatic heterocycles. The molecule has 5 nitrogen and oxygen atoms in total. The van der Waals surface area contributed by atoms with E-state index in [1.165, 1.54) is 23.0 Å². The zero-order valence-electron chi connectivity index (χ0n) is 13.5. The molecule has 0 radical (unpaired) electrons. The van der Waals surface area contributed by atoms with Crippen molar-refractivity contribution in [2.75, 3.05) is 5.32 Å². The summed E-state index contributed by atoms with van der Waals surface area (Å²) in [5.41, 5.74) is 5.74. The molecule has 3 rings (SSSR count). The van der Waals surface area contributed by atoms with Gasteiger partial charge >= 0.3 is 0 Å². The molecule has 0 saturated carbocycles. The lowest BCUT2D eigenvalue weighted by molar-refractivity contribution is -0.382. The number of benzene rings is 2. The average Bonchev–Trinajstić information content (AvgIpc) is 2.91. The summed E-state index contributed by atoms with van der Waals surface area (Å²) in [6, 6.07) is 7.50. The Morgan fingerprint density at radius 2 is 1.88 bits per heavy atom. The second kappa shape index (κ2) is 6.37. The second-order valence-electron chi connectivity index (χ2n) is 5.77. The largest absolute Gasteiger partial charge is 0.331 e. The van der Waals surface area contributed by atoms with E-state index >= 15 is 0 Å². The highest BCUT2D eigenvalue weighted by molar-refractivity contribution is 7.22. The maximum Gasteiger partial charge on any atom is 0.289 e. The summed E-state index contributed by atoms with van der Waals surface area (Å²) in [6.07, 6.45) is 0. The summed E-state index contributed by atoms with van der Waals surface area (Å²) in [5, 5.41) is 15.3. The van der Waals surface area contributed by atoms with Crippen LogP contribution in [0.15, 0.2) is 24.3 Å². The van der Waals surface area contributed by atoms with E-state index in [1.807, 2.05) is 13.8 Å². The molecule has 124 valence electrons. The van der Waals surface area contributed by atoms with Crippen LogP contribution >= 0.6 is 22.9 Å². The summed E-state index contributed by atoms with van der Waals surface area (Å²) in [7, 11) is 0. The Morgan fingerprint density at radius 1 is 1.21 bits per heavy atom. The number of alkyl halides is 1. The maximum absolute atomic E-state index is 11.3. The highest BCUT2D eigenvalue weighted by Crippen LogP contribution is 2.37. The highest BCUT2D eigenvalue weighted by Gasteiger charge is 2.18. The first-order chi connectivity index (χ1) is 11.4. The van der Waals surface area contributed by atoms with Crippen molar-refractivity contribution in [2.45, 2.75) is 26.7 Å². The van der Waals surface area contributed by atoms with Crippen molar-refractivity contribution in [3.05, 3.63) is 56.6 Å². The lowest BCUT2D eigenvalue weighted by Gasteiger charge is -2.11. The number of non-ortho nitro benzene ring substituents is 1. The number of anilines is 2. The molecular formula is C17H16ClN3O2S. The van der Waals surface area contributed by atoms with Gasteiger partial charge in [-0.1, -0.05) is 29.0 Å². The van der Waals surface area contributed by atoms with E-state index in [1.54, 1.807) is 6.07 Å². The summed E-state index contributed by atoms with van der Waals surface area (Å²) in [6.45, 7) is 6.12. The van der Waals surface area contributed by atoms with Crippen molar-refractivity contribution < 1.29 is 4.92 Å². The number of nitrogens with zero attached hydrogens (tertiary/aromatic N) is 2. The van der Waals surface area contributed by atoms with E-state index in [2.05, 4.69) is 29.4 Å². The Hall–Kier alpha value is -2.18. The van der Waals surface area contributed by atoms with Crippen LogP contribution in [0.2, 0.25) is 0 Å². The number of nitrogens with one attached hydrogen (secondary N) is 1. The van der Waals surface area contributed by atoms with Crippen LogP contribution in [-0.2, 0) is 5.88 Å². The fraction of sp³-hybridized carbons (Fsp3) is 0.235. The molecule has 0 amide bonds. The molecule has 7 heteroatoms. The monoisotopic (exact) mass is 361 g/mol. The van der Waals surface area contributed by atoms with Crippen molar-refractivity contribution in [1.82, 2.24) is 4.98 Å². The molecule has 0 spiro atoms. The van der Waals surface area contributed by atoms with Gasteiger partial charge in [0.05, 0.1) is 10.4 Å². The van der Waals surface area contributed by atoms with E-state index in [-0.39, 0.29) is 16.5 Å². The van der Waals surface area contributed by atoms with Gasteiger partial charge in [0.2, 0.25) is 0 Å². The quantitative estimate of drug-likeness (QED) is 0.372. The van der Waals surface area contributed by atoms with Gasteiger partial charge < -0.3 is 5.32 Å². The average molecular weight is 362 g/mol. The third-order valence-electron chi connectivity index (χ3n) is 3.79. The minimum Gasteiger partial charge on any atom is -0.331 e. The van der Waals surface area contributed by atoms with E-state index in [0.29, 0.717) is 20.9 Å². The van der Waals surface area contributed by atoms with Crippen molar-refractivity contribution in [3.63, 3.8) is 0 Å². The zero-order chi connectivity index (χ0) is 17.4. The molecule has 1 aromatic heterocycles. The van der Waals surface area contributed by atoms with Gasteiger partial charge in [-0.05, 0) is 43.5 Å². The van der Waals surface area contributed by atoms with E-state index in [4.69, 9.17) is 11.6 Å². The van der Waals surface area contributed by atoms with Crippen LogP contribution in [0.5, 0.6) is 0 Å². The summed E-state index contributed by atoms with van der Waals surface area (Å²) in [5.74, 6) is 0.216. The summed E-state index contributed by atoms with van der Waals surface area (Å²) < 4.78 is 0.554. The maximum atomic E-state index is 11.3. The molecule has 1 N–H and O–H groups in total. The normalized spacial score (nSPS) is 11.0. The van der Waals surface area contributed by atoms with Crippen molar-refractivity contribution in [2.24, 2.45) is 0 Å². The number of halogens is 1. The molecule has 0 aliphatic carbocycles. The van der Waals surface area contributed by atoms with Gasteiger partial charge in [-0.2, -0.15) is 0 Å². The van der Waals surface area contributed by atoms with Gasteiger partial charge in [0, 0.05) is 17.6 Å². The van der Waals surface area contributed by atoms with E-state index in [9.17, 15) is 10.1 Å². The first-order valence-electron chi connectivity index (χ1n) is 7.37. The Kier molecular flexibility index (Phi) is 4.43. The van der Waals surface area contributed by atoms with Crippen LogP contribution in [0.4, 0.5) is 16.5 Å². The molecule has 3 aromatic rings. The molecule has 0 bridgehead atoms. The number of nitro benzene ring substituents is 1. The molecule has 0 aliphatic rings. The van der Waals surface area contributed by atoms with Gasteiger partial charge in [-0.25, -0.2) is 4.98 Å². The van der Waals surface area contributed by atoms with Gasteiger partial charge in [-0.3, -0.25) is 10.1 Å². The number of fused-ring (bicyclic) bond motifs is 1. The zero-order valence-corrected chi connectivity index (χ0v) is 15.1. The van der Waals surface area contributed by atoms with Crippen molar-refractivity contribution in [3.8, 4) is 0 Å². The standard InChI is InChI=1S/C17H16ClN3O2S/c1-9-4-10(2)15(11(3)5-9)20-17-19-13-6-12(8-18)7-14(21(22)23)16(13)24-17/h4-7H,8H2,1-3H3,(H,19,20). The topological polar surface area (TPSA) is 68.1 Å². The van der Waals surface area contributed by atoms with Crippen molar-refractivity contribution >= 4 is 49.7 Å². The molecular weight excluding hydrogens is 346 g/mol. The Balaban J connectivity index is 2.09.